The summed E-state index contributed by atoms with van der Waals surface area (Å²) in [6, 6.07) is 12.7. The first-order valence-corrected chi connectivity index (χ1v) is 12.0. The molecule has 0 fully saturated rings. The van der Waals surface area contributed by atoms with Crippen LogP contribution in [-0.2, 0) is 14.8 Å². The van der Waals surface area contributed by atoms with Crippen molar-refractivity contribution in [2.24, 2.45) is 0 Å². The van der Waals surface area contributed by atoms with E-state index in [1.807, 2.05) is 33.8 Å². The first-order chi connectivity index (χ1) is 14.3. The first kappa shape index (κ1) is 24.4. The van der Waals surface area contributed by atoms with Gasteiger partial charge in [-0.15, -0.1) is 0 Å². The molecular formula is C23H31N3O4S. The third-order valence-corrected chi connectivity index (χ3v) is 5.68. The molecule has 0 bridgehead atoms. The molecule has 0 aliphatic rings. The summed E-state index contributed by atoms with van der Waals surface area (Å²) in [6.45, 7) is 9.20. The van der Waals surface area contributed by atoms with Crippen molar-refractivity contribution in [3.05, 3.63) is 59.7 Å². The number of para-hydroxylation sites is 1. The monoisotopic (exact) mass is 445 g/mol. The largest absolute Gasteiger partial charge is 0.347 e. The Morgan fingerprint density at radius 1 is 1.06 bits per heavy atom. The second-order valence-electron chi connectivity index (χ2n) is 8.56. The molecule has 1 unspecified atom stereocenters. The zero-order valence-corrected chi connectivity index (χ0v) is 19.7. The predicted octanol–water partition coefficient (Wildman–Crippen LogP) is 3.71. The second kappa shape index (κ2) is 9.51. The number of anilines is 2. The van der Waals surface area contributed by atoms with Gasteiger partial charge < -0.3 is 10.6 Å². The summed E-state index contributed by atoms with van der Waals surface area (Å²) < 4.78 is 26.4. The van der Waals surface area contributed by atoms with Crippen molar-refractivity contribution in [3.8, 4) is 0 Å². The van der Waals surface area contributed by atoms with Crippen molar-refractivity contribution in [2.45, 2.75) is 52.6 Å². The number of hydrogen-bond acceptors (Lipinski definition) is 4. The molecule has 0 saturated heterocycles. The molecule has 2 amide bonds. The minimum absolute atomic E-state index is 0.253. The molecule has 0 spiro atoms. The van der Waals surface area contributed by atoms with Gasteiger partial charge in [-0.2, -0.15) is 0 Å². The van der Waals surface area contributed by atoms with Gasteiger partial charge in [0.25, 0.3) is 5.91 Å². The number of carbonyl (C=O) groups is 2. The van der Waals surface area contributed by atoms with E-state index in [1.165, 1.54) is 0 Å². The Bertz CT molecular complexity index is 1060. The number of nitrogens with zero attached hydrogens (tertiary/aromatic N) is 1. The van der Waals surface area contributed by atoms with E-state index in [2.05, 4.69) is 10.6 Å². The van der Waals surface area contributed by atoms with Crippen LogP contribution in [0.25, 0.3) is 0 Å². The van der Waals surface area contributed by atoms with Crippen molar-refractivity contribution >= 4 is 33.2 Å². The highest BCUT2D eigenvalue weighted by molar-refractivity contribution is 7.92. The highest BCUT2D eigenvalue weighted by Crippen LogP contribution is 2.25. The Hall–Kier alpha value is -2.87. The van der Waals surface area contributed by atoms with Crippen LogP contribution in [0.1, 0.15) is 50.0 Å². The summed E-state index contributed by atoms with van der Waals surface area (Å²) in [6.07, 6.45) is 1.33. The maximum atomic E-state index is 13.2. The normalized spacial score (nSPS) is 12.7. The predicted molar refractivity (Wildman–Crippen MR) is 125 cm³/mol. The number of carbonyl (C=O) groups excluding carboxylic acids is 2. The molecule has 0 saturated carbocycles. The highest BCUT2D eigenvalue weighted by atomic mass is 32.2. The maximum Gasteiger partial charge on any atom is 0.253 e. The minimum Gasteiger partial charge on any atom is -0.347 e. The molecule has 8 heteroatoms. The number of sulfonamides is 1. The first-order valence-electron chi connectivity index (χ1n) is 10.1. The average Bonchev–Trinajstić information content (AvgIpc) is 2.63. The maximum absolute atomic E-state index is 13.2. The van der Waals surface area contributed by atoms with Crippen molar-refractivity contribution in [2.75, 3.05) is 15.9 Å². The summed E-state index contributed by atoms with van der Waals surface area (Å²) >= 11 is 0. The van der Waals surface area contributed by atoms with E-state index in [-0.39, 0.29) is 12.3 Å². The SMILES string of the molecule is CCC(C(=O)Nc1ccccc1C(=O)NC(C)(C)C)N(c1cccc(C)c1)S(C)(=O)=O. The lowest BCUT2D eigenvalue weighted by Gasteiger charge is -2.30. The van der Waals surface area contributed by atoms with E-state index in [4.69, 9.17) is 0 Å². The van der Waals surface area contributed by atoms with Crippen LogP contribution in [0.2, 0.25) is 0 Å². The molecule has 1 atom stereocenters. The van der Waals surface area contributed by atoms with Gasteiger partial charge in [0.05, 0.1) is 23.2 Å². The van der Waals surface area contributed by atoms with Gasteiger partial charge in [0.2, 0.25) is 15.9 Å². The molecule has 2 aromatic carbocycles. The van der Waals surface area contributed by atoms with Crippen LogP contribution in [0, 0.1) is 6.92 Å². The smallest absolute Gasteiger partial charge is 0.253 e. The van der Waals surface area contributed by atoms with Crippen LogP contribution in [0.4, 0.5) is 11.4 Å². The lowest BCUT2D eigenvalue weighted by molar-refractivity contribution is -0.117. The third-order valence-electron chi connectivity index (χ3n) is 4.50. The number of aryl methyl sites for hydroxylation is 1. The van der Waals surface area contributed by atoms with E-state index in [1.54, 1.807) is 49.4 Å². The van der Waals surface area contributed by atoms with Gasteiger partial charge in [-0.1, -0.05) is 31.2 Å². The van der Waals surface area contributed by atoms with Crippen LogP contribution in [0.5, 0.6) is 0 Å². The molecule has 0 radical (unpaired) electrons. The fourth-order valence-electron chi connectivity index (χ4n) is 3.24. The summed E-state index contributed by atoms with van der Waals surface area (Å²) in [5.74, 6) is -0.833. The zero-order chi connectivity index (χ0) is 23.4. The van der Waals surface area contributed by atoms with E-state index < -0.39 is 27.5 Å². The molecular weight excluding hydrogens is 414 g/mol. The molecule has 0 aliphatic carbocycles. The molecule has 0 aliphatic heterocycles. The number of rotatable bonds is 7. The summed E-state index contributed by atoms with van der Waals surface area (Å²) in [5, 5.41) is 5.63. The Kier molecular flexibility index (Phi) is 7.49. The summed E-state index contributed by atoms with van der Waals surface area (Å²) in [5.41, 5.74) is 1.49. The van der Waals surface area contributed by atoms with Gasteiger partial charge in [0, 0.05) is 5.54 Å². The van der Waals surface area contributed by atoms with Crippen molar-refractivity contribution in [1.29, 1.82) is 0 Å². The van der Waals surface area contributed by atoms with Crippen LogP contribution in [0.15, 0.2) is 48.5 Å². The fourth-order valence-corrected chi connectivity index (χ4v) is 4.44. The molecule has 31 heavy (non-hydrogen) atoms. The molecule has 7 nitrogen and oxygen atoms in total. The van der Waals surface area contributed by atoms with Gasteiger partial charge in [0.1, 0.15) is 6.04 Å². The Labute approximate surface area is 184 Å². The van der Waals surface area contributed by atoms with E-state index in [9.17, 15) is 18.0 Å². The van der Waals surface area contributed by atoms with E-state index >= 15 is 0 Å². The molecule has 168 valence electrons. The Morgan fingerprint density at radius 3 is 2.26 bits per heavy atom. The topological polar surface area (TPSA) is 95.6 Å². The Morgan fingerprint density at radius 2 is 1.71 bits per heavy atom. The standard InChI is InChI=1S/C23H31N3O4S/c1-7-20(26(31(6,29)30)17-12-10-11-16(2)15-17)22(28)24-19-14-9-8-13-18(19)21(27)25-23(3,4)5/h8-15,20H,7H2,1-6H3,(H,24,28)(H,25,27). The minimum atomic E-state index is -3.74. The second-order valence-corrected chi connectivity index (χ2v) is 10.4. The quantitative estimate of drug-likeness (QED) is 0.679. The van der Waals surface area contributed by atoms with E-state index in [0.29, 0.717) is 16.9 Å². The fraction of sp³-hybridized carbons (Fsp3) is 0.391. The number of amides is 2. The van der Waals surface area contributed by atoms with Crippen LogP contribution < -0.4 is 14.9 Å². The highest BCUT2D eigenvalue weighted by Gasteiger charge is 2.32. The van der Waals surface area contributed by atoms with Gasteiger partial charge in [-0.25, -0.2) is 8.42 Å². The van der Waals surface area contributed by atoms with Crippen LogP contribution in [-0.4, -0.2) is 38.1 Å². The van der Waals surface area contributed by atoms with Gasteiger partial charge in [0.15, 0.2) is 0 Å². The number of hydrogen-bond donors (Lipinski definition) is 2. The number of nitrogens with one attached hydrogen (secondary N) is 2. The lowest BCUT2D eigenvalue weighted by atomic mass is 10.1. The summed E-state index contributed by atoms with van der Waals surface area (Å²) in [4.78, 5) is 25.9. The molecule has 0 aromatic heterocycles. The van der Waals surface area contributed by atoms with E-state index in [0.717, 1.165) is 16.1 Å². The average molecular weight is 446 g/mol. The third kappa shape index (κ3) is 6.55. The van der Waals surface area contributed by atoms with Gasteiger partial charge in [-0.3, -0.25) is 13.9 Å². The van der Waals surface area contributed by atoms with Crippen molar-refractivity contribution in [1.82, 2.24) is 5.32 Å². The molecule has 2 rings (SSSR count). The molecule has 2 N–H and O–H groups in total. The van der Waals surface area contributed by atoms with Crippen LogP contribution in [0.3, 0.4) is 0 Å². The van der Waals surface area contributed by atoms with Crippen molar-refractivity contribution < 1.29 is 18.0 Å². The van der Waals surface area contributed by atoms with Gasteiger partial charge >= 0.3 is 0 Å². The lowest BCUT2D eigenvalue weighted by Crippen LogP contribution is -2.47. The van der Waals surface area contributed by atoms with Gasteiger partial charge in [-0.05, 0) is 63.9 Å². The molecule has 0 heterocycles. The summed E-state index contributed by atoms with van der Waals surface area (Å²) in [7, 11) is -3.74. The van der Waals surface area contributed by atoms with Crippen molar-refractivity contribution in [3.63, 3.8) is 0 Å². The Balaban J connectivity index is 2.40. The molecule has 2 aromatic rings. The zero-order valence-electron chi connectivity index (χ0n) is 18.9. The number of benzene rings is 2. The van der Waals surface area contributed by atoms with Crippen LogP contribution >= 0.6 is 0 Å².